The molecule has 1 aromatic carbocycles. The SMILES string of the molecule is CC(C)C(CN)N(C)Cc1cn(C)c2ccccc12. The highest BCUT2D eigenvalue weighted by Crippen LogP contribution is 2.22. The van der Waals surface area contributed by atoms with Gasteiger partial charge in [0, 0.05) is 43.3 Å². The van der Waals surface area contributed by atoms with Crippen molar-refractivity contribution >= 4 is 10.9 Å². The average Bonchev–Trinajstić information content (AvgIpc) is 2.67. The van der Waals surface area contributed by atoms with Crippen molar-refractivity contribution in [3.05, 3.63) is 36.0 Å². The number of hydrogen-bond acceptors (Lipinski definition) is 2. The second kappa shape index (κ2) is 5.76. The summed E-state index contributed by atoms with van der Waals surface area (Å²) in [5.74, 6) is 0.574. The molecule has 0 saturated heterocycles. The van der Waals surface area contributed by atoms with Crippen LogP contribution in [0.1, 0.15) is 19.4 Å². The van der Waals surface area contributed by atoms with E-state index in [1.807, 2.05) is 0 Å². The first-order valence-electron chi connectivity index (χ1n) is 6.97. The highest BCUT2D eigenvalue weighted by molar-refractivity contribution is 5.83. The topological polar surface area (TPSA) is 34.2 Å². The normalized spacial score (nSPS) is 13.6. The Morgan fingerprint density at radius 1 is 1.26 bits per heavy atom. The average molecular weight is 259 g/mol. The fourth-order valence-corrected chi connectivity index (χ4v) is 2.90. The van der Waals surface area contributed by atoms with Gasteiger partial charge in [-0.05, 0) is 24.6 Å². The van der Waals surface area contributed by atoms with Crippen LogP contribution in [0.15, 0.2) is 30.5 Å². The Bertz CT molecular complexity index is 542. The molecule has 2 rings (SSSR count). The van der Waals surface area contributed by atoms with Gasteiger partial charge >= 0.3 is 0 Å². The summed E-state index contributed by atoms with van der Waals surface area (Å²) in [4.78, 5) is 2.37. The number of hydrogen-bond donors (Lipinski definition) is 1. The Kier molecular flexibility index (Phi) is 4.27. The summed E-state index contributed by atoms with van der Waals surface area (Å²) >= 11 is 0. The molecule has 0 amide bonds. The van der Waals surface area contributed by atoms with Gasteiger partial charge in [0.05, 0.1) is 0 Å². The minimum atomic E-state index is 0.430. The van der Waals surface area contributed by atoms with Gasteiger partial charge in [0.25, 0.3) is 0 Å². The first kappa shape index (κ1) is 14.1. The van der Waals surface area contributed by atoms with E-state index in [1.165, 1.54) is 16.5 Å². The number of aromatic nitrogens is 1. The molecule has 3 nitrogen and oxygen atoms in total. The van der Waals surface area contributed by atoms with Crippen molar-refractivity contribution in [2.45, 2.75) is 26.4 Å². The fourth-order valence-electron chi connectivity index (χ4n) is 2.90. The van der Waals surface area contributed by atoms with Crippen molar-refractivity contribution in [2.24, 2.45) is 18.7 Å². The lowest BCUT2D eigenvalue weighted by Crippen LogP contribution is -2.41. The molecule has 0 bridgehead atoms. The largest absolute Gasteiger partial charge is 0.350 e. The Balaban J connectivity index is 2.26. The summed E-state index contributed by atoms with van der Waals surface area (Å²) in [7, 11) is 4.27. The smallest absolute Gasteiger partial charge is 0.0481 e. The molecule has 0 saturated carbocycles. The summed E-state index contributed by atoms with van der Waals surface area (Å²) in [5.41, 5.74) is 8.57. The van der Waals surface area contributed by atoms with Crippen LogP contribution in [0.25, 0.3) is 10.9 Å². The highest BCUT2D eigenvalue weighted by atomic mass is 15.1. The van der Waals surface area contributed by atoms with E-state index in [-0.39, 0.29) is 0 Å². The highest BCUT2D eigenvalue weighted by Gasteiger charge is 2.18. The quantitative estimate of drug-likeness (QED) is 0.895. The van der Waals surface area contributed by atoms with E-state index in [4.69, 9.17) is 5.73 Å². The molecule has 0 aliphatic heterocycles. The van der Waals surface area contributed by atoms with Gasteiger partial charge in [0.15, 0.2) is 0 Å². The summed E-state index contributed by atoms with van der Waals surface area (Å²) in [6.45, 7) is 6.12. The minimum absolute atomic E-state index is 0.430. The van der Waals surface area contributed by atoms with E-state index in [0.717, 1.165) is 6.54 Å². The summed E-state index contributed by atoms with van der Waals surface area (Å²) < 4.78 is 2.20. The van der Waals surface area contributed by atoms with Crippen molar-refractivity contribution in [2.75, 3.05) is 13.6 Å². The molecule has 19 heavy (non-hydrogen) atoms. The molecule has 1 heterocycles. The van der Waals surface area contributed by atoms with Crippen LogP contribution < -0.4 is 5.73 Å². The molecule has 1 atom stereocenters. The summed E-state index contributed by atoms with van der Waals surface area (Å²) in [5, 5.41) is 1.34. The number of nitrogens with zero attached hydrogens (tertiary/aromatic N) is 2. The van der Waals surface area contributed by atoms with Crippen molar-refractivity contribution in [1.82, 2.24) is 9.47 Å². The lowest BCUT2D eigenvalue weighted by molar-refractivity contribution is 0.190. The predicted octanol–water partition coefficient (Wildman–Crippen LogP) is 2.59. The number of fused-ring (bicyclic) bond motifs is 1. The number of likely N-dealkylation sites (N-methyl/N-ethyl adjacent to an activating group) is 1. The zero-order valence-corrected chi connectivity index (χ0v) is 12.4. The van der Waals surface area contributed by atoms with Crippen LogP contribution in [0.4, 0.5) is 0 Å². The molecule has 104 valence electrons. The third-order valence-corrected chi connectivity index (χ3v) is 3.98. The maximum Gasteiger partial charge on any atom is 0.0481 e. The van der Waals surface area contributed by atoms with E-state index in [1.54, 1.807) is 0 Å². The lowest BCUT2D eigenvalue weighted by atomic mass is 10.0. The molecule has 0 aliphatic carbocycles. The Morgan fingerprint density at radius 3 is 2.58 bits per heavy atom. The molecule has 3 heteroatoms. The number of benzene rings is 1. The number of para-hydroxylation sites is 1. The molecule has 0 spiro atoms. The molecule has 0 fully saturated rings. The van der Waals surface area contributed by atoms with Crippen LogP contribution in [0.3, 0.4) is 0 Å². The van der Waals surface area contributed by atoms with E-state index < -0.39 is 0 Å². The van der Waals surface area contributed by atoms with Gasteiger partial charge in [0.1, 0.15) is 0 Å². The van der Waals surface area contributed by atoms with Crippen LogP contribution in [0.5, 0.6) is 0 Å². The van der Waals surface area contributed by atoms with Crippen molar-refractivity contribution in [1.29, 1.82) is 0 Å². The monoisotopic (exact) mass is 259 g/mol. The van der Waals surface area contributed by atoms with Crippen molar-refractivity contribution < 1.29 is 0 Å². The molecule has 0 radical (unpaired) electrons. The first-order chi connectivity index (χ1) is 9.04. The second-order valence-electron chi connectivity index (χ2n) is 5.74. The standard InChI is InChI=1S/C16H25N3/c1-12(2)16(9-17)19(4)11-13-10-18(3)15-8-6-5-7-14(13)15/h5-8,10,12,16H,9,11,17H2,1-4H3. The maximum atomic E-state index is 5.90. The maximum absolute atomic E-state index is 5.90. The Hall–Kier alpha value is -1.32. The van der Waals surface area contributed by atoms with Crippen LogP contribution in [0, 0.1) is 5.92 Å². The fraction of sp³-hybridized carbons (Fsp3) is 0.500. The van der Waals surface area contributed by atoms with Crippen LogP contribution >= 0.6 is 0 Å². The number of aryl methyl sites for hydroxylation is 1. The van der Waals surface area contributed by atoms with Crippen molar-refractivity contribution in [3.63, 3.8) is 0 Å². The van der Waals surface area contributed by atoms with E-state index >= 15 is 0 Å². The van der Waals surface area contributed by atoms with E-state index in [0.29, 0.717) is 18.5 Å². The van der Waals surface area contributed by atoms with Crippen molar-refractivity contribution in [3.8, 4) is 0 Å². The zero-order chi connectivity index (χ0) is 14.0. The molecular weight excluding hydrogens is 234 g/mol. The van der Waals surface area contributed by atoms with Gasteiger partial charge in [-0.25, -0.2) is 0 Å². The van der Waals surface area contributed by atoms with Gasteiger partial charge in [-0.2, -0.15) is 0 Å². The van der Waals surface area contributed by atoms with Gasteiger partial charge in [-0.1, -0.05) is 32.0 Å². The third-order valence-electron chi connectivity index (χ3n) is 3.98. The van der Waals surface area contributed by atoms with Gasteiger partial charge < -0.3 is 10.3 Å². The van der Waals surface area contributed by atoms with Crippen LogP contribution in [-0.4, -0.2) is 29.1 Å². The van der Waals surface area contributed by atoms with Gasteiger partial charge in [0.2, 0.25) is 0 Å². The molecule has 1 unspecified atom stereocenters. The minimum Gasteiger partial charge on any atom is -0.350 e. The lowest BCUT2D eigenvalue weighted by Gasteiger charge is -2.30. The van der Waals surface area contributed by atoms with Crippen LogP contribution in [0.2, 0.25) is 0 Å². The molecular formula is C16H25N3. The van der Waals surface area contributed by atoms with Crippen LogP contribution in [-0.2, 0) is 13.6 Å². The van der Waals surface area contributed by atoms with E-state index in [9.17, 15) is 0 Å². The van der Waals surface area contributed by atoms with Gasteiger partial charge in [-0.15, -0.1) is 0 Å². The summed E-state index contributed by atoms with van der Waals surface area (Å²) in [6.07, 6.45) is 2.23. The predicted molar refractivity (Wildman–Crippen MR) is 82.1 cm³/mol. The first-order valence-corrected chi connectivity index (χ1v) is 6.97. The second-order valence-corrected chi connectivity index (χ2v) is 5.74. The molecule has 0 aliphatic rings. The molecule has 2 aromatic rings. The Labute approximate surface area is 116 Å². The number of nitrogens with two attached hydrogens (primary N) is 1. The number of rotatable bonds is 5. The zero-order valence-electron chi connectivity index (χ0n) is 12.4. The summed E-state index contributed by atoms with van der Waals surface area (Å²) in [6, 6.07) is 8.99. The van der Waals surface area contributed by atoms with Gasteiger partial charge in [-0.3, -0.25) is 4.90 Å². The molecule has 2 N–H and O–H groups in total. The van der Waals surface area contributed by atoms with E-state index in [2.05, 4.69) is 67.9 Å². The third kappa shape index (κ3) is 2.82. The Morgan fingerprint density at radius 2 is 1.95 bits per heavy atom. The molecule has 1 aromatic heterocycles.